The van der Waals surface area contributed by atoms with Gasteiger partial charge in [-0.25, -0.2) is 4.98 Å². The van der Waals surface area contributed by atoms with Crippen molar-refractivity contribution >= 4 is 11.8 Å². The Labute approximate surface area is 105 Å². The molecule has 0 spiro atoms. The van der Waals surface area contributed by atoms with Crippen LogP contribution in [0, 0.1) is 0 Å². The minimum Gasteiger partial charge on any atom is -0.309 e. The molecule has 0 saturated heterocycles. The van der Waals surface area contributed by atoms with E-state index in [0.29, 0.717) is 6.04 Å². The van der Waals surface area contributed by atoms with Gasteiger partial charge in [0.05, 0.1) is 0 Å². The van der Waals surface area contributed by atoms with E-state index in [0.717, 1.165) is 17.5 Å². The molecule has 0 saturated carbocycles. The summed E-state index contributed by atoms with van der Waals surface area (Å²) in [6.45, 7) is 3.07. The van der Waals surface area contributed by atoms with E-state index in [9.17, 15) is 0 Å². The number of rotatable bonds is 6. The lowest BCUT2D eigenvalue weighted by molar-refractivity contribution is 0.605. The van der Waals surface area contributed by atoms with Crippen LogP contribution >= 0.6 is 11.8 Å². The summed E-state index contributed by atoms with van der Waals surface area (Å²) in [4.78, 5) is 4.11. The van der Waals surface area contributed by atoms with Gasteiger partial charge in [-0.3, -0.25) is 5.10 Å². The summed E-state index contributed by atoms with van der Waals surface area (Å²) in [5, 5.41) is 11.0. The van der Waals surface area contributed by atoms with Crippen molar-refractivity contribution in [1.29, 1.82) is 0 Å². The smallest absolute Gasteiger partial charge is 0.183 e. The molecule has 0 aliphatic rings. The molecule has 1 aromatic carbocycles. The van der Waals surface area contributed by atoms with Gasteiger partial charge in [0, 0.05) is 11.8 Å². The number of benzene rings is 1. The fourth-order valence-electron chi connectivity index (χ4n) is 1.63. The highest BCUT2D eigenvalue weighted by Crippen LogP contribution is 2.21. The van der Waals surface area contributed by atoms with Gasteiger partial charge >= 0.3 is 0 Å². The quantitative estimate of drug-likeness (QED) is 0.770. The van der Waals surface area contributed by atoms with Crippen LogP contribution in [0.1, 0.15) is 18.5 Å². The molecule has 1 heterocycles. The summed E-state index contributed by atoms with van der Waals surface area (Å²) < 4.78 is 0. The summed E-state index contributed by atoms with van der Waals surface area (Å²) >= 11 is 1.68. The number of nitrogens with zero attached hydrogens (tertiary/aromatic N) is 2. The van der Waals surface area contributed by atoms with Gasteiger partial charge in [-0.15, -0.1) is 0 Å². The van der Waals surface area contributed by atoms with E-state index in [1.54, 1.807) is 11.8 Å². The first-order chi connectivity index (χ1) is 8.40. The highest BCUT2D eigenvalue weighted by atomic mass is 32.2. The molecule has 0 aliphatic heterocycles. The van der Waals surface area contributed by atoms with Crippen molar-refractivity contribution in [2.24, 2.45) is 0 Å². The van der Waals surface area contributed by atoms with Crippen molar-refractivity contribution in [2.45, 2.75) is 18.1 Å². The third-order valence-electron chi connectivity index (χ3n) is 2.43. The average molecular weight is 248 g/mol. The number of H-pyrrole nitrogens is 1. The number of aromatic nitrogens is 3. The van der Waals surface area contributed by atoms with Crippen LogP contribution in [0.25, 0.3) is 0 Å². The summed E-state index contributed by atoms with van der Waals surface area (Å²) in [6, 6.07) is 10.8. The van der Waals surface area contributed by atoms with Crippen LogP contribution in [0.15, 0.2) is 41.8 Å². The van der Waals surface area contributed by atoms with E-state index in [1.165, 1.54) is 11.9 Å². The van der Waals surface area contributed by atoms with Gasteiger partial charge in [-0.05, 0) is 12.1 Å². The molecule has 0 aliphatic carbocycles. The lowest BCUT2D eigenvalue weighted by Gasteiger charge is -2.17. The molecule has 1 atom stereocenters. The van der Waals surface area contributed by atoms with Crippen molar-refractivity contribution < 1.29 is 0 Å². The summed E-state index contributed by atoms with van der Waals surface area (Å²) in [5.74, 6) is 0.938. The number of hydrogen-bond donors (Lipinski definition) is 2. The minimum absolute atomic E-state index is 0.344. The third-order valence-corrected chi connectivity index (χ3v) is 3.40. The third kappa shape index (κ3) is 3.57. The van der Waals surface area contributed by atoms with Crippen LogP contribution in [0.4, 0.5) is 0 Å². The summed E-state index contributed by atoms with van der Waals surface area (Å²) in [7, 11) is 0. The SMILES string of the molecule is CCNC(CSc1ncn[nH]1)c1ccccc1. The minimum atomic E-state index is 0.344. The van der Waals surface area contributed by atoms with E-state index in [2.05, 4.69) is 51.7 Å². The Morgan fingerprint density at radius 1 is 1.35 bits per heavy atom. The number of hydrogen-bond acceptors (Lipinski definition) is 4. The van der Waals surface area contributed by atoms with Gasteiger partial charge in [-0.2, -0.15) is 5.10 Å². The number of aromatic amines is 1. The van der Waals surface area contributed by atoms with Crippen molar-refractivity contribution in [3.63, 3.8) is 0 Å². The van der Waals surface area contributed by atoms with Crippen LogP contribution in [-0.4, -0.2) is 27.5 Å². The lowest BCUT2D eigenvalue weighted by Crippen LogP contribution is -2.22. The second-order valence-electron chi connectivity index (χ2n) is 3.62. The Morgan fingerprint density at radius 3 is 2.82 bits per heavy atom. The van der Waals surface area contributed by atoms with Crippen molar-refractivity contribution in [2.75, 3.05) is 12.3 Å². The molecule has 0 radical (unpaired) electrons. The molecule has 17 heavy (non-hydrogen) atoms. The second kappa shape index (κ2) is 6.42. The van der Waals surface area contributed by atoms with Crippen molar-refractivity contribution in [1.82, 2.24) is 20.5 Å². The molecular weight excluding hydrogens is 232 g/mol. The first kappa shape index (κ1) is 12.1. The zero-order valence-corrected chi connectivity index (χ0v) is 10.6. The van der Waals surface area contributed by atoms with Crippen molar-refractivity contribution in [3.05, 3.63) is 42.2 Å². The Morgan fingerprint density at radius 2 is 2.18 bits per heavy atom. The van der Waals surface area contributed by atoms with Gasteiger partial charge < -0.3 is 5.32 Å². The highest BCUT2D eigenvalue weighted by molar-refractivity contribution is 7.99. The van der Waals surface area contributed by atoms with Crippen LogP contribution in [0.3, 0.4) is 0 Å². The zero-order valence-electron chi connectivity index (χ0n) is 9.76. The van der Waals surface area contributed by atoms with E-state index < -0.39 is 0 Å². The molecule has 2 rings (SSSR count). The topological polar surface area (TPSA) is 53.6 Å². The van der Waals surface area contributed by atoms with Crippen LogP contribution < -0.4 is 5.32 Å². The fraction of sp³-hybridized carbons (Fsp3) is 0.333. The molecule has 0 bridgehead atoms. The number of nitrogens with one attached hydrogen (secondary N) is 2. The Hall–Kier alpha value is -1.33. The van der Waals surface area contributed by atoms with Gasteiger partial charge in [0.1, 0.15) is 6.33 Å². The molecule has 2 N–H and O–H groups in total. The van der Waals surface area contributed by atoms with Gasteiger partial charge in [0.25, 0.3) is 0 Å². The monoisotopic (exact) mass is 248 g/mol. The summed E-state index contributed by atoms with van der Waals surface area (Å²) in [5.41, 5.74) is 1.31. The van der Waals surface area contributed by atoms with E-state index >= 15 is 0 Å². The molecule has 90 valence electrons. The van der Waals surface area contributed by atoms with Crippen LogP contribution in [0.2, 0.25) is 0 Å². The first-order valence-electron chi connectivity index (χ1n) is 5.66. The molecule has 0 amide bonds. The largest absolute Gasteiger partial charge is 0.309 e. The molecular formula is C12H16N4S. The molecule has 1 unspecified atom stereocenters. The normalized spacial score (nSPS) is 12.5. The first-order valence-corrected chi connectivity index (χ1v) is 6.65. The molecule has 2 aromatic rings. The fourth-order valence-corrected chi connectivity index (χ4v) is 2.50. The van der Waals surface area contributed by atoms with Gasteiger partial charge in [-0.1, -0.05) is 49.0 Å². The molecule has 5 heteroatoms. The van der Waals surface area contributed by atoms with E-state index in [1.807, 2.05) is 6.07 Å². The lowest BCUT2D eigenvalue weighted by atomic mass is 10.1. The van der Waals surface area contributed by atoms with Crippen LogP contribution in [0.5, 0.6) is 0 Å². The summed E-state index contributed by atoms with van der Waals surface area (Å²) in [6.07, 6.45) is 1.53. The Kier molecular flexibility index (Phi) is 4.58. The molecule has 0 fully saturated rings. The van der Waals surface area contributed by atoms with Crippen molar-refractivity contribution in [3.8, 4) is 0 Å². The highest BCUT2D eigenvalue weighted by Gasteiger charge is 2.10. The Bertz CT molecular complexity index is 415. The predicted molar refractivity (Wildman–Crippen MR) is 70.0 cm³/mol. The maximum atomic E-state index is 4.11. The van der Waals surface area contributed by atoms with E-state index in [4.69, 9.17) is 0 Å². The zero-order chi connectivity index (χ0) is 11.9. The standard InChI is InChI=1S/C12H16N4S/c1-2-13-11(10-6-4-3-5-7-10)8-17-12-14-9-15-16-12/h3-7,9,11,13H,2,8H2,1H3,(H,14,15,16). The van der Waals surface area contributed by atoms with Crippen LogP contribution in [-0.2, 0) is 0 Å². The molecule has 4 nitrogen and oxygen atoms in total. The maximum Gasteiger partial charge on any atom is 0.183 e. The Balaban J connectivity index is 1.98. The maximum absolute atomic E-state index is 4.11. The average Bonchev–Trinajstić information content (AvgIpc) is 2.88. The van der Waals surface area contributed by atoms with Gasteiger partial charge in [0.2, 0.25) is 0 Å². The molecule has 1 aromatic heterocycles. The number of thioether (sulfide) groups is 1. The second-order valence-corrected chi connectivity index (χ2v) is 4.63. The predicted octanol–water partition coefficient (Wildman–Crippen LogP) is 2.25. The van der Waals surface area contributed by atoms with Gasteiger partial charge in [0.15, 0.2) is 5.16 Å². The van der Waals surface area contributed by atoms with E-state index in [-0.39, 0.29) is 0 Å².